The zero-order valence-electron chi connectivity index (χ0n) is 12.9. The van der Waals surface area contributed by atoms with Gasteiger partial charge in [-0.25, -0.2) is 4.39 Å². The molecule has 1 aliphatic heterocycles. The van der Waals surface area contributed by atoms with Crippen LogP contribution in [-0.4, -0.2) is 37.6 Å². The Morgan fingerprint density at radius 3 is 2.43 bits per heavy atom. The fourth-order valence-electron chi connectivity index (χ4n) is 2.99. The Kier molecular flexibility index (Phi) is 6.21. The molecule has 0 aromatic carbocycles. The SMILES string of the molecule is CCOP(=O)(OCC)C(F)C[C@@H]1COC2(CCCCC2)O1. The summed E-state index contributed by atoms with van der Waals surface area (Å²) in [6.07, 6.45) is 4.65. The van der Waals surface area contributed by atoms with Gasteiger partial charge in [-0.2, -0.15) is 0 Å². The van der Waals surface area contributed by atoms with Crippen LogP contribution in [0.4, 0.5) is 4.39 Å². The van der Waals surface area contributed by atoms with Crippen LogP contribution in [0.15, 0.2) is 0 Å². The summed E-state index contributed by atoms with van der Waals surface area (Å²) in [6, 6.07) is 0. The van der Waals surface area contributed by atoms with Crippen molar-refractivity contribution >= 4 is 7.60 Å². The lowest BCUT2D eigenvalue weighted by molar-refractivity contribution is -0.188. The van der Waals surface area contributed by atoms with Gasteiger partial charge < -0.3 is 18.5 Å². The topological polar surface area (TPSA) is 54.0 Å². The van der Waals surface area contributed by atoms with Crippen LogP contribution < -0.4 is 0 Å². The van der Waals surface area contributed by atoms with Crippen molar-refractivity contribution in [1.29, 1.82) is 0 Å². The van der Waals surface area contributed by atoms with Crippen molar-refractivity contribution in [2.75, 3.05) is 19.8 Å². The van der Waals surface area contributed by atoms with Gasteiger partial charge >= 0.3 is 7.60 Å². The minimum atomic E-state index is -3.72. The van der Waals surface area contributed by atoms with Gasteiger partial charge in [0, 0.05) is 19.3 Å². The summed E-state index contributed by atoms with van der Waals surface area (Å²) < 4.78 is 48.5. The second-order valence-electron chi connectivity index (χ2n) is 5.57. The molecule has 2 fully saturated rings. The molecule has 1 unspecified atom stereocenters. The van der Waals surface area contributed by atoms with Crippen molar-refractivity contribution in [2.45, 2.75) is 70.2 Å². The summed E-state index contributed by atoms with van der Waals surface area (Å²) in [4.78, 5) is 0. The predicted octanol–water partition coefficient (Wildman–Crippen LogP) is 4.01. The van der Waals surface area contributed by atoms with Crippen LogP contribution in [0, 0.1) is 0 Å². The van der Waals surface area contributed by atoms with Gasteiger partial charge in [0.25, 0.3) is 0 Å². The van der Waals surface area contributed by atoms with Crippen LogP contribution in [0.3, 0.4) is 0 Å². The maximum absolute atomic E-state index is 14.4. The molecule has 0 N–H and O–H groups in total. The summed E-state index contributed by atoms with van der Waals surface area (Å²) in [5, 5.41) is 0. The minimum absolute atomic E-state index is 0.0149. The van der Waals surface area contributed by atoms with E-state index in [2.05, 4.69) is 0 Å². The van der Waals surface area contributed by atoms with Gasteiger partial charge in [0.15, 0.2) is 5.79 Å². The maximum atomic E-state index is 14.4. The molecular weight excluding hydrogens is 298 g/mol. The molecule has 5 nitrogen and oxygen atoms in total. The van der Waals surface area contributed by atoms with E-state index in [9.17, 15) is 8.96 Å². The van der Waals surface area contributed by atoms with Crippen molar-refractivity contribution in [3.63, 3.8) is 0 Å². The Balaban J connectivity index is 1.90. The van der Waals surface area contributed by atoms with Crippen LogP contribution in [0.25, 0.3) is 0 Å². The van der Waals surface area contributed by atoms with Crippen molar-refractivity contribution in [3.8, 4) is 0 Å². The van der Waals surface area contributed by atoms with Gasteiger partial charge in [-0.3, -0.25) is 4.57 Å². The molecule has 1 heterocycles. The Morgan fingerprint density at radius 2 is 1.86 bits per heavy atom. The Morgan fingerprint density at radius 1 is 1.24 bits per heavy atom. The lowest BCUT2D eigenvalue weighted by atomic mass is 9.94. The molecule has 0 aromatic heterocycles. The molecule has 1 aliphatic carbocycles. The average Bonchev–Trinajstić information content (AvgIpc) is 2.82. The third-order valence-electron chi connectivity index (χ3n) is 3.95. The van der Waals surface area contributed by atoms with Crippen LogP contribution in [0.5, 0.6) is 0 Å². The van der Waals surface area contributed by atoms with Crippen LogP contribution in [0.1, 0.15) is 52.4 Å². The highest BCUT2D eigenvalue weighted by Gasteiger charge is 2.45. The first-order chi connectivity index (χ1) is 10.0. The molecule has 21 heavy (non-hydrogen) atoms. The molecular formula is C14H26FO5P. The molecule has 0 bridgehead atoms. The lowest BCUT2D eigenvalue weighted by Gasteiger charge is -2.32. The van der Waals surface area contributed by atoms with Gasteiger partial charge in [0.05, 0.1) is 25.9 Å². The molecule has 0 aromatic rings. The molecule has 2 aliphatic rings. The monoisotopic (exact) mass is 324 g/mol. The Bertz CT molecular complexity index is 362. The van der Waals surface area contributed by atoms with Gasteiger partial charge in [0.2, 0.25) is 5.91 Å². The molecule has 1 saturated heterocycles. The van der Waals surface area contributed by atoms with Gasteiger partial charge in [0.1, 0.15) is 0 Å². The van der Waals surface area contributed by atoms with E-state index in [1.807, 2.05) is 0 Å². The number of rotatable bonds is 7. The molecule has 1 saturated carbocycles. The Labute approximate surface area is 126 Å². The molecule has 2 atom stereocenters. The first kappa shape index (κ1) is 17.4. The van der Waals surface area contributed by atoms with Crippen molar-refractivity contribution in [1.82, 2.24) is 0 Å². The van der Waals surface area contributed by atoms with Crippen LogP contribution in [-0.2, 0) is 23.1 Å². The highest BCUT2D eigenvalue weighted by molar-refractivity contribution is 7.54. The van der Waals surface area contributed by atoms with E-state index in [0.717, 1.165) is 25.7 Å². The van der Waals surface area contributed by atoms with Gasteiger partial charge in [-0.1, -0.05) is 6.42 Å². The summed E-state index contributed by atoms with van der Waals surface area (Å²) >= 11 is 0. The molecule has 124 valence electrons. The van der Waals surface area contributed by atoms with Gasteiger partial charge in [-0.05, 0) is 26.7 Å². The quantitative estimate of drug-likeness (QED) is 0.662. The number of alkyl halides is 1. The summed E-state index contributed by atoms with van der Waals surface area (Å²) in [5.41, 5.74) is 0. The van der Waals surface area contributed by atoms with Crippen LogP contribution in [0.2, 0.25) is 0 Å². The van der Waals surface area contributed by atoms with Crippen molar-refractivity contribution in [2.24, 2.45) is 0 Å². The van der Waals surface area contributed by atoms with E-state index in [0.29, 0.717) is 6.61 Å². The third kappa shape index (κ3) is 4.26. The molecule has 1 spiro atoms. The number of ether oxygens (including phenoxy) is 2. The smallest absolute Gasteiger partial charge is 0.347 e. The second kappa shape index (κ2) is 7.51. The van der Waals surface area contributed by atoms with E-state index in [-0.39, 0.29) is 25.7 Å². The van der Waals surface area contributed by atoms with E-state index < -0.39 is 19.3 Å². The molecule has 0 radical (unpaired) electrons. The number of halogens is 1. The summed E-state index contributed by atoms with van der Waals surface area (Å²) in [7, 11) is -3.72. The number of hydrogen-bond donors (Lipinski definition) is 0. The maximum Gasteiger partial charge on any atom is 0.364 e. The molecule has 7 heteroatoms. The van der Waals surface area contributed by atoms with E-state index in [1.54, 1.807) is 13.8 Å². The van der Waals surface area contributed by atoms with E-state index in [1.165, 1.54) is 6.42 Å². The zero-order chi connectivity index (χ0) is 15.3. The largest absolute Gasteiger partial charge is 0.364 e. The highest BCUT2D eigenvalue weighted by atomic mass is 31.2. The van der Waals surface area contributed by atoms with Crippen molar-refractivity contribution in [3.05, 3.63) is 0 Å². The summed E-state index contributed by atoms with van der Waals surface area (Å²) in [5.74, 6) is -2.21. The van der Waals surface area contributed by atoms with Crippen LogP contribution >= 0.6 is 7.60 Å². The van der Waals surface area contributed by atoms with E-state index in [4.69, 9.17) is 18.5 Å². The molecule has 2 rings (SSSR count). The fraction of sp³-hybridized carbons (Fsp3) is 1.00. The zero-order valence-corrected chi connectivity index (χ0v) is 13.8. The molecule has 0 amide bonds. The fourth-order valence-corrected chi connectivity index (χ4v) is 4.60. The van der Waals surface area contributed by atoms with E-state index >= 15 is 0 Å². The first-order valence-corrected chi connectivity index (χ1v) is 9.49. The average molecular weight is 324 g/mol. The minimum Gasteiger partial charge on any atom is -0.347 e. The lowest BCUT2D eigenvalue weighted by Crippen LogP contribution is -2.33. The second-order valence-corrected chi connectivity index (χ2v) is 7.72. The Hall–Kier alpha value is -0.0000000000000000139. The summed E-state index contributed by atoms with van der Waals surface area (Å²) in [6.45, 7) is 4.00. The van der Waals surface area contributed by atoms with Crippen molar-refractivity contribution < 1.29 is 27.5 Å². The standard InChI is InChI=1S/C14H26FO5P/c1-3-18-21(16,19-4-2)13(15)10-12-11-17-14(20-12)8-6-5-7-9-14/h12-13H,3-11H2,1-2H3/t12-,13?/m1/s1. The predicted molar refractivity (Wildman–Crippen MR) is 77.0 cm³/mol. The first-order valence-electron chi connectivity index (χ1n) is 7.88. The van der Waals surface area contributed by atoms with Gasteiger partial charge in [-0.15, -0.1) is 0 Å². The normalized spacial score (nSPS) is 27.1. The highest BCUT2D eigenvalue weighted by Crippen LogP contribution is 2.55. The third-order valence-corrected chi connectivity index (χ3v) is 6.08. The number of hydrogen-bond acceptors (Lipinski definition) is 5.